The number of nitrogens with two attached hydrogens (primary N) is 1. The zero-order chi connectivity index (χ0) is 13.0. The van der Waals surface area contributed by atoms with Crippen molar-refractivity contribution in [1.29, 1.82) is 0 Å². The molecule has 0 bridgehead atoms. The number of benzene rings is 1. The number of Topliss-reactive ketones (excluding diaryl/α,β-unsaturated/α-hetero) is 1. The third-order valence-corrected chi connectivity index (χ3v) is 4.59. The number of rotatable bonds is 3. The van der Waals surface area contributed by atoms with E-state index in [1.807, 2.05) is 30.3 Å². The van der Waals surface area contributed by atoms with Gasteiger partial charge in [0.05, 0.1) is 4.58 Å². The van der Waals surface area contributed by atoms with Gasteiger partial charge < -0.3 is 5.73 Å². The van der Waals surface area contributed by atoms with Gasteiger partial charge in [-0.25, -0.2) is 0 Å². The van der Waals surface area contributed by atoms with Crippen LogP contribution in [0.4, 0.5) is 0 Å². The van der Waals surface area contributed by atoms with Crippen molar-refractivity contribution in [2.45, 2.75) is 11.0 Å². The Bertz CT molecular complexity index is 499. The molecule has 1 unspecified atom stereocenters. The minimum atomic E-state index is 0.0499. The lowest BCUT2D eigenvalue weighted by atomic mass is 10.1. The first-order valence-corrected chi connectivity index (χ1v) is 7.17. The number of nitrogens with zero attached hydrogens (tertiary/aromatic N) is 2. The average molecular weight is 279 g/mol. The molecule has 0 saturated carbocycles. The van der Waals surface area contributed by atoms with Crippen LogP contribution in [0.25, 0.3) is 0 Å². The van der Waals surface area contributed by atoms with Crippen molar-refractivity contribution < 1.29 is 4.79 Å². The van der Waals surface area contributed by atoms with E-state index in [1.165, 1.54) is 23.5 Å². The number of hydrogen-bond donors (Lipinski definition) is 1. The molecular weight excluding hydrogens is 266 g/mol. The highest BCUT2D eigenvalue weighted by Gasteiger charge is 2.23. The smallest absolute Gasteiger partial charge is 0.186 e. The summed E-state index contributed by atoms with van der Waals surface area (Å²) in [6.45, 7) is 0. The van der Waals surface area contributed by atoms with Crippen molar-refractivity contribution in [3.63, 3.8) is 0 Å². The predicted octanol–water partition coefficient (Wildman–Crippen LogP) is 2.37. The summed E-state index contributed by atoms with van der Waals surface area (Å²) in [7, 11) is 1.67. The summed E-state index contributed by atoms with van der Waals surface area (Å²) in [4.78, 5) is 20.2. The van der Waals surface area contributed by atoms with E-state index in [0.717, 1.165) is 5.56 Å². The van der Waals surface area contributed by atoms with Crippen LogP contribution >= 0.6 is 23.5 Å². The summed E-state index contributed by atoms with van der Waals surface area (Å²) < 4.78 is 0.0499. The molecule has 0 aliphatic carbocycles. The molecule has 1 atom stereocenters. The summed E-state index contributed by atoms with van der Waals surface area (Å²) in [5.41, 5.74) is 6.44. The molecule has 1 aromatic rings. The van der Waals surface area contributed by atoms with E-state index in [1.54, 1.807) is 7.05 Å². The van der Waals surface area contributed by atoms with Gasteiger partial charge in [0.1, 0.15) is 0 Å². The number of aliphatic imine (C=N–C) groups is 2. The molecule has 1 aromatic carbocycles. The van der Waals surface area contributed by atoms with Crippen LogP contribution < -0.4 is 5.73 Å². The van der Waals surface area contributed by atoms with Crippen LogP contribution in [0.5, 0.6) is 0 Å². The largest absolute Gasteiger partial charge is 0.378 e. The number of amidine groups is 2. The van der Waals surface area contributed by atoms with Gasteiger partial charge in [-0.3, -0.25) is 9.79 Å². The Morgan fingerprint density at radius 2 is 2.11 bits per heavy atom. The Labute approximate surface area is 114 Å². The van der Waals surface area contributed by atoms with Gasteiger partial charge in [0, 0.05) is 19.0 Å². The summed E-state index contributed by atoms with van der Waals surface area (Å²) in [5.74, 6) is 0.116. The van der Waals surface area contributed by atoms with Crippen LogP contribution in [0.3, 0.4) is 0 Å². The molecule has 2 rings (SSSR count). The highest BCUT2D eigenvalue weighted by molar-refractivity contribution is 8.31. The molecule has 94 valence electrons. The van der Waals surface area contributed by atoms with Crippen molar-refractivity contribution >= 4 is 39.6 Å². The van der Waals surface area contributed by atoms with E-state index >= 15 is 0 Å². The van der Waals surface area contributed by atoms with Gasteiger partial charge >= 0.3 is 0 Å². The number of thioether (sulfide) groups is 2. The van der Waals surface area contributed by atoms with Gasteiger partial charge in [0.25, 0.3) is 0 Å². The highest BCUT2D eigenvalue weighted by Crippen LogP contribution is 2.33. The average Bonchev–Trinajstić information content (AvgIpc) is 2.39. The maximum Gasteiger partial charge on any atom is 0.186 e. The Hall–Kier alpha value is -1.27. The molecule has 18 heavy (non-hydrogen) atoms. The molecule has 0 spiro atoms. The Balaban J connectivity index is 2.03. The number of carbonyl (C=O) groups excluding carboxylic acids is 1. The van der Waals surface area contributed by atoms with Crippen molar-refractivity contribution in [3.8, 4) is 0 Å². The summed E-state index contributed by atoms with van der Waals surface area (Å²) >= 11 is 2.90. The molecule has 1 aliphatic rings. The first-order valence-electron chi connectivity index (χ1n) is 5.41. The standard InChI is InChI=1S/C12H13N3OS2/c1-14-12-15-11(13)17-10(18-12)7-9(16)8-5-3-2-4-6-8/h2-6,10H,7H2,1H3,(H2,13,14,15). The van der Waals surface area contributed by atoms with Crippen LogP contribution in [0.1, 0.15) is 16.8 Å². The lowest BCUT2D eigenvalue weighted by Crippen LogP contribution is -2.21. The van der Waals surface area contributed by atoms with E-state index in [4.69, 9.17) is 5.73 Å². The van der Waals surface area contributed by atoms with Crippen LogP contribution in [-0.4, -0.2) is 27.7 Å². The van der Waals surface area contributed by atoms with Crippen LogP contribution in [0, 0.1) is 0 Å². The molecule has 6 heteroatoms. The van der Waals surface area contributed by atoms with E-state index in [9.17, 15) is 4.79 Å². The third-order valence-electron chi connectivity index (χ3n) is 2.33. The van der Waals surface area contributed by atoms with Crippen LogP contribution in [0.2, 0.25) is 0 Å². The topological polar surface area (TPSA) is 67.8 Å². The number of ketones is 1. The van der Waals surface area contributed by atoms with Gasteiger partial charge in [-0.2, -0.15) is 4.99 Å². The van der Waals surface area contributed by atoms with E-state index < -0.39 is 0 Å². The fourth-order valence-corrected chi connectivity index (χ4v) is 3.68. The van der Waals surface area contributed by atoms with Crippen molar-refractivity contribution in [3.05, 3.63) is 35.9 Å². The summed E-state index contributed by atoms with van der Waals surface area (Å²) in [5, 5.41) is 1.11. The minimum absolute atomic E-state index is 0.0499. The Morgan fingerprint density at radius 1 is 1.39 bits per heavy atom. The normalized spacial score (nSPS) is 21.7. The molecule has 0 fully saturated rings. The van der Waals surface area contributed by atoms with E-state index in [-0.39, 0.29) is 10.4 Å². The maximum atomic E-state index is 12.1. The molecule has 4 nitrogen and oxygen atoms in total. The van der Waals surface area contributed by atoms with Crippen molar-refractivity contribution in [2.24, 2.45) is 15.7 Å². The molecule has 0 amide bonds. The van der Waals surface area contributed by atoms with Crippen LogP contribution in [-0.2, 0) is 0 Å². The first kappa shape index (κ1) is 13.2. The second-order valence-corrected chi connectivity index (χ2v) is 6.31. The Kier molecular flexibility index (Phi) is 4.43. The molecule has 0 aromatic heterocycles. The summed E-state index contributed by atoms with van der Waals surface area (Å²) in [6, 6.07) is 9.28. The number of hydrogen-bond acceptors (Lipinski definition) is 5. The van der Waals surface area contributed by atoms with Gasteiger partial charge in [0.15, 0.2) is 16.1 Å². The van der Waals surface area contributed by atoms with Gasteiger partial charge in [-0.15, -0.1) is 0 Å². The molecule has 0 radical (unpaired) electrons. The van der Waals surface area contributed by atoms with Gasteiger partial charge in [0.2, 0.25) is 0 Å². The molecule has 1 aliphatic heterocycles. The highest BCUT2D eigenvalue weighted by atomic mass is 32.2. The predicted molar refractivity (Wildman–Crippen MR) is 79.3 cm³/mol. The zero-order valence-corrected chi connectivity index (χ0v) is 11.5. The molecule has 2 N–H and O–H groups in total. The van der Waals surface area contributed by atoms with Crippen molar-refractivity contribution in [2.75, 3.05) is 7.05 Å². The lowest BCUT2D eigenvalue weighted by molar-refractivity contribution is 0.0987. The molecule has 0 saturated heterocycles. The van der Waals surface area contributed by atoms with Gasteiger partial charge in [-0.1, -0.05) is 53.9 Å². The van der Waals surface area contributed by atoms with Crippen molar-refractivity contribution in [1.82, 2.24) is 0 Å². The second kappa shape index (κ2) is 6.06. The SMILES string of the molecule is CN=C1N=C(N)SC(CC(=O)c2ccccc2)S1. The Morgan fingerprint density at radius 3 is 2.78 bits per heavy atom. The maximum absolute atomic E-state index is 12.1. The minimum Gasteiger partial charge on any atom is -0.378 e. The lowest BCUT2D eigenvalue weighted by Gasteiger charge is -2.18. The fourth-order valence-electron chi connectivity index (χ4n) is 1.50. The van der Waals surface area contributed by atoms with E-state index in [2.05, 4.69) is 9.98 Å². The van der Waals surface area contributed by atoms with Crippen LogP contribution in [0.15, 0.2) is 40.3 Å². The third kappa shape index (κ3) is 3.36. The first-order chi connectivity index (χ1) is 8.69. The monoisotopic (exact) mass is 279 g/mol. The fraction of sp³-hybridized carbons (Fsp3) is 0.250. The quantitative estimate of drug-likeness (QED) is 0.862. The summed E-state index contributed by atoms with van der Waals surface area (Å²) in [6.07, 6.45) is 0.425. The number of carbonyl (C=O) groups is 1. The zero-order valence-electron chi connectivity index (χ0n) is 9.87. The molecular formula is C12H13N3OS2. The van der Waals surface area contributed by atoms with Gasteiger partial charge in [-0.05, 0) is 0 Å². The molecule has 1 heterocycles. The second-order valence-electron chi connectivity index (χ2n) is 3.61. The van der Waals surface area contributed by atoms with E-state index in [0.29, 0.717) is 16.8 Å².